The predicted octanol–water partition coefficient (Wildman–Crippen LogP) is -0.0139. The first-order valence-electron chi connectivity index (χ1n) is 5.50. The smallest absolute Gasteiger partial charge is 0.253 e. The Balaban J connectivity index is 1.83. The second-order valence-corrected chi connectivity index (χ2v) is 5.36. The molecule has 2 aliphatic heterocycles. The van der Waals surface area contributed by atoms with Gasteiger partial charge in [-0.3, -0.25) is 9.69 Å². The van der Waals surface area contributed by atoms with Gasteiger partial charge in [-0.15, -0.1) is 0 Å². The van der Waals surface area contributed by atoms with Crippen molar-refractivity contribution in [3.8, 4) is 0 Å². The number of carbonyl (C=O) groups is 1. The van der Waals surface area contributed by atoms with Crippen LogP contribution >= 0.6 is 12.2 Å². The van der Waals surface area contributed by atoms with Crippen molar-refractivity contribution in [2.24, 2.45) is 0 Å². The van der Waals surface area contributed by atoms with E-state index in [4.69, 9.17) is 12.2 Å². The summed E-state index contributed by atoms with van der Waals surface area (Å²) < 4.78 is 0. The standard InChI is InChI=1S/C10H15N3OS/c1-6-4-10(5-13(6)7-2-3-7)8(14)11-9(15)12-10/h6-7H,2-5H2,1H3,(H2,11,12,14,15). The number of hydrogen-bond acceptors (Lipinski definition) is 3. The van der Waals surface area contributed by atoms with Gasteiger partial charge in [0, 0.05) is 18.6 Å². The molecule has 2 heterocycles. The SMILES string of the molecule is CC1CC2(CN1C1CC1)NC(=S)NC2=O. The van der Waals surface area contributed by atoms with Crippen LogP contribution in [-0.2, 0) is 4.79 Å². The summed E-state index contributed by atoms with van der Waals surface area (Å²) in [5, 5.41) is 6.35. The first kappa shape index (κ1) is 9.54. The normalized spacial score (nSPS) is 41.0. The van der Waals surface area contributed by atoms with Gasteiger partial charge in [0.1, 0.15) is 5.54 Å². The van der Waals surface area contributed by atoms with Crippen LogP contribution in [0.2, 0.25) is 0 Å². The van der Waals surface area contributed by atoms with Crippen molar-refractivity contribution in [1.29, 1.82) is 0 Å². The summed E-state index contributed by atoms with van der Waals surface area (Å²) >= 11 is 5.00. The van der Waals surface area contributed by atoms with Crippen molar-refractivity contribution >= 4 is 23.2 Å². The maximum Gasteiger partial charge on any atom is 0.253 e. The molecule has 4 nitrogen and oxygen atoms in total. The zero-order valence-electron chi connectivity index (χ0n) is 8.75. The number of amides is 1. The maximum absolute atomic E-state index is 11.9. The van der Waals surface area contributed by atoms with Gasteiger partial charge in [0.2, 0.25) is 0 Å². The van der Waals surface area contributed by atoms with Gasteiger partial charge in [0.15, 0.2) is 5.11 Å². The molecule has 82 valence electrons. The summed E-state index contributed by atoms with van der Waals surface area (Å²) in [5.74, 6) is 0.0579. The lowest BCUT2D eigenvalue weighted by molar-refractivity contribution is -0.123. The molecule has 2 unspecified atom stereocenters. The van der Waals surface area contributed by atoms with Crippen LogP contribution in [0.3, 0.4) is 0 Å². The molecule has 2 N–H and O–H groups in total. The number of rotatable bonds is 1. The summed E-state index contributed by atoms with van der Waals surface area (Å²) in [4.78, 5) is 14.3. The third kappa shape index (κ3) is 1.37. The van der Waals surface area contributed by atoms with Crippen LogP contribution in [0.15, 0.2) is 0 Å². The average molecular weight is 225 g/mol. The predicted molar refractivity (Wildman–Crippen MR) is 60.4 cm³/mol. The minimum atomic E-state index is -0.431. The number of thiocarbonyl (C=S) groups is 1. The van der Waals surface area contributed by atoms with Gasteiger partial charge in [-0.2, -0.15) is 0 Å². The first-order chi connectivity index (χ1) is 7.11. The molecule has 3 fully saturated rings. The van der Waals surface area contributed by atoms with E-state index in [1.54, 1.807) is 0 Å². The second kappa shape index (κ2) is 2.92. The molecule has 1 amide bonds. The third-order valence-electron chi connectivity index (χ3n) is 3.69. The summed E-state index contributed by atoms with van der Waals surface area (Å²) in [7, 11) is 0. The van der Waals surface area contributed by atoms with E-state index in [1.807, 2.05) is 0 Å². The van der Waals surface area contributed by atoms with E-state index in [9.17, 15) is 4.79 Å². The van der Waals surface area contributed by atoms with Crippen molar-refractivity contribution in [3.05, 3.63) is 0 Å². The van der Waals surface area contributed by atoms with Gasteiger partial charge in [-0.05, 0) is 38.4 Å². The number of carbonyl (C=O) groups excluding carboxylic acids is 1. The van der Waals surface area contributed by atoms with Gasteiger partial charge in [-0.25, -0.2) is 0 Å². The number of likely N-dealkylation sites (tertiary alicyclic amines) is 1. The molecular weight excluding hydrogens is 210 g/mol. The van der Waals surface area contributed by atoms with Gasteiger partial charge in [0.05, 0.1) is 0 Å². The lowest BCUT2D eigenvalue weighted by Gasteiger charge is -2.21. The quantitative estimate of drug-likeness (QED) is 0.616. The minimum Gasteiger partial charge on any atom is -0.347 e. The van der Waals surface area contributed by atoms with Crippen LogP contribution in [0, 0.1) is 0 Å². The highest BCUT2D eigenvalue weighted by atomic mass is 32.1. The Labute approximate surface area is 94.4 Å². The van der Waals surface area contributed by atoms with Crippen LogP contribution < -0.4 is 10.6 Å². The highest BCUT2D eigenvalue weighted by molar-refractivity contribution is 7.80. The van der Waals surface area contributed by atoms with Crippen LogP contribution in [0.25, 0.3) is 0 Å². The van der Waals surface area contributed by atoms with E-state index in [-0.39, 0.29) is 5.91 Å². The van der Waals surface area contributed by atoms with Crippen molar-refractivity contribution in [3.63, 3.8) is 0 Å². The minimum absolute atomic E-state index is 0.0579. The highest BCUT2D eigenvalue weighted by Crippen LogP contribution is 2.38. The topological polar surface area (TPSA) is 44.4 Å². The molecule has 0 aromatic carbocycles. The molecule has 2 atom stereocenters. The van der Waals surface area contributed by atoms with E-state index in [0.717, 1.165) is 13.0 Å². The molecular formula is C10H15N3OS. The largest absolute Gasteiger partial charge is 0.347 e. The zero-order valence-corrected chi connectivity index (χ0v) is 9.56. The van der Waals surface area contributed by atoms with Crippen molar-refractivity contribution in [2.45, 2.75) is 43.8 Å². The van der Waals surface area contributed by atoms with E-state index in [0.29, 0.717) is 17.2 Å². The lowest BCUT2D eigenvalue weighted by atomic mass is 9.97. The fourth-order valence-electron chi connectivity index (χ4n) is 2.83. The molecule has 15 heavy (non-hydrogen) atoms. The van der Waals surface area contributed by atoms with Gasteiger partial charge in [0.25, 0.3) is 5.91 Å². The Bertz CT molecular complexity index is 342. The first-order valence-corrected chi connectivity index (χ1v) is 5.91. The molecule has 2 saturated heterocycles. The zero-order chi connectivity index (χ0) is 10.6. The van der Waals surface area contributed by atoms with E-state index >= 15 is 0 Å². The van der Waals surface area contributed by atoms with Crippen molar-refractivity contribution in [1.82, 2.24) is 15.5 Å². The summed E-state index contributed by atoms with van der Waals surface area (Å²) in [6.45, 7) is 3.01. The Morgan fingerprint density at radius 1 is 1.53 bits per heavy atom. The number of hydrogen-bond donors (Lipinski definition) is 2. The summed E-state index contributed by atoms with van der Waals surface area (Å²) in [6.07, 6.45) is 3.44. The van der Waals surface area contributed by atoms with Gasteiger partial charge >= 0.3 is 0 Å². The monoisotopic (exact) mass is 225 g/mol. The van der Waals surface area contributed by atoms with Crippen LogP contribution in [0.5, 0.6) is 0 Å². The Morgan fingerprint density at radius 3 is 2.80 bits per heavy atom. The molecule has 0 bridgehead atoms. The van der Waals surface area contributed by atoms with Crippen LogP contribution in [0.1, 0.15) is 26.2 Å². The molecule has 0 radical (unpaired) electrons. The van der Waals surface area contributed by atoms with E-state index < -0.39 is 5.54 Å². The summed E-state index contributed by atoms with van der Waals surface area (Å²) in [6, 6.07) is 1.19. The number of nitrogens with one attached hydrogen (secondary N) is 2. The maximum atomic E-state index is 11.9. The third-order valence-corrected chi connectivity index (χ3v) is 3.90. The van der Waals surface area contributed by atoms with Crippen molar-refractivity contribution in [2.75, 3.05) is 6.54 Å². The van der Waals surface area contributed by atoms with Gasteiger partial charge in [-0.1, -0.05) is 0 Å². The Morgan fingerprint density at radius 2 is 2.27 bits per heavy atom. The molecule has 5 heteroatoms. The number of nitrogens with zero attached hydrogens (tertiary/aromatic N) is 1. The fraction of sp³-hybridized carbons (Fsp3) is 0.800. The average Bonchev–Trinajstić information content (AvgIpc) is 2.87. The van der Waals surface area contributed by atoms with E-state index in [1.165, 1.54) is 12.8 Å². The highest BCUT2D eigenvalue weighted by Gasteiger charge is 2.54. The molecule has 0 aromatic heterocycles. The molecule has 1 spiro atoms. The second-order valence-electron chi connectivity index (χ2n) is 4.95. The molecule has 1 aliphatic carbocycles. The van der Waals surface area contributed by atoms with Gasteiger partial charge < -0.3 is 10.6 Å². The Hall–Kier alpha value is -0.680. The molecule has 3 aliphatic rings. The van der Waals surface area contributed by atoms with Crippen LogP contribution in [-0.4, -0.2) is 40.1 Å². The van der Waals surface area contributed by atoms with Crippen LogP contribution in [0.4, 0.5) is 0 Å². The summed E-state index contributed by atoms with van der Waals surface area (Å²) in [5.41, 5.74) is -0.431. The molecule has 3 rings (SSSR count). The fourth-order valence-corrected chi connectivity index (χ4v) is 3.12. The molecule has 0 aromatic rings. The molecule has 1 saturated carbocycles. The lowest BCUT2D eigenvalue weighted by Crippen LogP contribution is -2.49. The Kier molecular flexibility index (Phi) is 1.86. The van der Waals surface area contributed by atoms with E-state index in [2.05, 4.69) is 22.5 Å². The van der Waals surface area contributed by atoms with Crippen molar-refractivity contribution < 1.29 is 4.79 Å².